The van der Waals surface area contributed by atoms with Crippen LogP contribution in [0.2, 0.25) is 0 Å². The lowest BCUT2D eigenvalue weighted by molar-refractivity contribution is -0.299. The summed E-state index contributed by atoms with van der Waals surface area (Å²) in [4.78, 5) is 10.9. The van der Waals surface area contributed by atoms with E-state index < -0.39 is 42.1 Å². The molecular weight excluding hydrogens is 284 g/mol. The normalized spacial score (nSPS) is 36.2. The van der Waals surface area contributed by atoms with Gasteiger partial charge < -0.3 is 35.0 Å². The molecule has 1 aliphatic rings. The number of aliphatic hydroxyl groups is 4. The largest absolute Gasteiger partial charge is 0.479 e. The molecule has 8 nitrogen and oxygen atoms in total. The molecule has 0 spiro atoms. The highest BCUT2D eigenvalue weighted by molar-refractivity contribution is 5.73. The topological polar surface area (TPSA) is 137 Å². The lowest BCUT2D eigenvalue weighted by atomic mass is 9.87. The Labute approximate surface area is 122 Å². The molecule has 0 radical (unpaired) electrons. The highest BCUT2D eigenvalue weighted by Gasteiger charge is 2.47. The first-order valence-electron chi connectivity index (χ1n) is 6.90. The van der Waals surface area contributed by atoms with Crippen LogP contribution in [-0.4, -0.2) is 75.4 Å². The predicted octanol–water partition coefficient (Wildman–Crippen LogP) is -1.31. The summed E-state index contributed by atoms with van der Waals surface area (Å²) >= 11 is 0. The molecule has 1 aliphatic heterocycles. The summed E-state index contributed by atoms with van der Waals surface area (Å²) in [6.45, 7) is 3.61. The van der Waals surface area contributed by atoms with Crippen molar-refractivity contribution in [1.29, 1.82) is 0 Å². The number of carboxylic acids is 1. The molecular formula is C13H24O8. The number of aliphatic carboxylic acids is 1. The molecule has 5 N–H and O–H groups in total. The van der Waals surface area contributed by atoms with E-state index >= 15 is 0 Å². The first kappa shape index (κ1) is 18.3. The summed E-state index contributed by atoms with van der Waals surface area (Å²) in [5.41, 5.74) is -0.558. The summed E-state index contributed by atoms with van der Waals surface area (Å²) in [6, 6.07) is 0. The van der Waals surface area contributed by atoms with Gasteiger partial charge in [-0.05, 0) is 6.42 Å². The lowest BCUT2D eigenvalue weighted by Gasteiger charge is -2.39. The fourth-order valence-corrected chi connectivity index (χ4v) is 2.27. The fourth-order valence-electron chi connectivity index (χ4n) is 2.27. The van der Waals surface area contributed by atoms with E-state index in [1.807, 2.05) is 6.92 Å². The summed E-state index contributed by atoms with van der Waals surface area (Å²) in [7, 11) is 0. The fraction of sp³-hybridized carbons (Fsp3) is 0.923. The van der Waals surface area contributed by atoms with Gasteiger partial charge in [0.05, 0.1) is 13.2 Å². The maximum Gasteiger partial charge on any atom is 0.335 e. The second-order valence-electron chi connectivity index (χ2n) is 5.76. The van der Waals surface area contributed by atoms with Gasteiger partial charge in [-0.2, -0.15) is 0 Å². The van der Waals surface area contributed by atoms with Crippen molar-refractivity contribution in [1.82, 2.24) is 0 Å². The molecule has 1 heterocycles. The SMILES string of the molecule is CCC[C@@](C)(CO)CO[C@H]1O[C@H](C(=O)O)[C@@H](O)[C@H](O)[C@H]1O. The number of ether oxygens (including phenoxy) is 2. The number of hydrogen-bond acceptors (Lipinski definition) is 7. The molecule has 1 rings (SSSR count). The Balaban J connectivity index is 2.71. The number of hydrogen-bond donors (Lipinski definition) is 5. The molecule has 0 aliphatic carbocycles. The van der Waals surface area contributed by atoms with Crippen LogP contribution < -0.4 is 0 Å². The van der Waals surface area contributed by atoms with Crippen molar-refractivity contribution in [2.24, 2.45) is 5.41 Å². The first-order chi connectivity index (χ1) is 9.75. The van der Waals surface area contributed by atoms with Crippen LogP contribution in [0, 0.1) is 5.41 Å². The molecule has 0 unspecified atom stereocenters. The minimum Gasteiger partial charge on any atom is -0.479 e. The van der Waals surface area contributed by atoms with E-state index in [0.717, 1.165) is 6.42 Å². The number of carbonyl (C=O) groups is 1. The average molecular weight is 308 g/mol. The highest BCUT2D eigenvalue weighted by Crippen LogP contribution is 2.27. The van der Waals surface area contributed by atoms with Crippen LogP contribution in [0.3, 0.4) is 0 Å². The summed E-state index contributed by atoms with van der Waals surface area (Å²) in [6.07, 6.45) is -6.58. The minimum atomic E-state index is -1.74. The van der Waals surface area contributed by atoms with Crippen LogP contribution in [0.4, 0.5) is 0 Å². The Hall–Kier alpha value is -0.770. The van der Waals surface area contributed by atoms with E-state index in [2.05, 4.69) is 0 Å². The standard InChI is InChI=1S/C13H24O8/c1-3-4-13(2,5-14)6-20-12-9(17)7(15)8(16)10(21-12)11(18)19/h7-10,12,14-17H,3-6H2,1-2H3,(H,18,19)/t7-,8-,9+,10-,12-,13-/m0/s1. The van der Waals surface area contributed by atoms with Crippen LogP contribution in [0.15, 0.2) is 0 Å². The zero-order valence-corrected chi connectivity index (χ0v) is 12.2. The van der Waals surface area contributed by atoms with Gasteiger partial charge in [-0.1, -0.05) is 20.3 Å². The van der Waals surface area contributed by atoms with Crippen LogP contribution in [0.5, 0.6) is 0 Å². The highest BCUT2D eigenvalue weighted by atomic mass is 16.7. The van der Waals surface area contributed by atoms with Crippen LogP contribution in [0.25, 0.3) is 0 Å². The van der Waals surface area contributed by atoms with E-state index in [1.165, 1.54) is 0 Å². The van der Waals surface area contributed by atoms with Crippen LogP contribution >= 0.6 is 0 Å². The maximum absolute atomic E-state index is 10.9. The number of aliphatic hydroxyl groups excluding tert-OH is 4. The molecule has 0 aromatic rings. The van der Waals surface area contributed by atoms with Crippen molar-refractivity contribution in [2.75, 3.05) is 13.2 Å². The third-order valence-corrected chi connectivity index (χ3v) is 3.64. The van der Waals surface area contributed by atoms with Crippen LogP contribution in [0.1, 0.15) is 26.7 Å². The van der Waals surface area contributed by atoms with Gasteiger partial charge in [0.2, 0.25) is 0 Å². The van der Waals surface area contributed by atoms with Crippen molar-refractivity contribution in [3.63, 3.8) is 0 Å². The van der Waals surface area contributed by atoms with Crippen molar-refractivity contribution in [3.05, 3.63) is 0 Å². The third-order valence-electron chi connectivity index (χ3n) is 3.64. The molecule has 0 aromatic carbocycles. The van der Waals surface area contributed by atoms with Gasteiger partial charge in [-0.25, -0.2) is 4.79 Å². The Bertz CT molecular complexity index is 349. The van der Waals surface area contributed by atoms with Crippen LogP contribution in [-0.2, 0) is 14.3 Å². The molecule has 8 heteroatoms. The molecule has 0 aromatic heterocycles. The molecule has 0 bridgehead atoms. The second kappa shape index (κ2) is 7.48. The molecule has 0 saturated carbocycles. The van der Waals surface area contributed by atoms with E-state index in [1.54, 1.807) is 6.92 Å². The van der Waals surface area contributed by atoms with E-state index in [0.29, 0.717) is 6.42 Å². The lowest BCUT2D eigenvalue weighted by Crippen LogP contribution is -2.60. The third kappa shape index (κ3) is 4.35. The summed E-state index contributed by atoms with van der Waals surface area (Å²) in [5.74, 6) is -1.46. The monoisotopic (exact) mass is 308 g/mol. The summed E-state index contributed by atoms with van der Waals surface area (Å²) < 4.78 is 10.3. The molecule has 0 amide bonds. The average Bonchev–Trinajstić information content (AvgIpc) is 2.44. The van der Waals surface area contributed by atoms with E-state index in [9.17, 15) is 25.2 Å². The molecule has 6 atom stereocenters. The van der Waals surface area contributed by atoms with Gasteiger partial charge in [0.1, 0.15) is 18.3 Å². The Morgan fingerprint density at radius 3 is 2.33 bits per heavy atom. The van der Waals surface area contributed by atoms with E-state index in [4.69, 9.17) is 14.6 Å². The number of carboxylic acid groups (broad SMARTS) is 1. The van der Waals surface area contributed by atoms with E-state index in [-0.39, 0.29) is 13.2 Å². The zero-order chi connectivity index (χ0) is 16.2. The predicted molar refractivity (Wildman–Crippen MR) is 70.4 cm³/mol. The smallest absolute Gasteiger partial charge is 0.335 e. The molecule has 1 fully saturated rings. The molecule has 124 valence electrons. The molecule has 21 heavy (non-hydrogen) atoms. The molecule has 1 saturated heterocycles. The number of rotatable bonds is 7. The van der Waals surface area contributed by atoms with Gasteiger partial charge in [-0.3, -0.25) is 0 Å². The Morgan fingerprint density at radius 1 is 1.24 bits per heavy atom. The van der Waals surface area contributed by atoms with Crippen molar-refractivity contribution in [2.45, 2.75) is 57.4 Å². The summed E-state index contributed by atoms with van der Waals surface area (Å²) in [5, 5.41) is 47.3. The zero-order valence-electron chi connectivity index (χ0n) is 12.2. The van der Waals surface area contributed by atoms with Gasteiger partial charge >= 0.3 is 5.97 Å². The van der Waals surface area contributed by atoms with Gasteiger partial charge in [-0.15, -0.1) is 0 Å². The van der Waals surface area contributed by atoms with Gasteiger partial charge in [0.15, 0.2) is 12.4 Å². The Morgan fingerprint density at radius 2 is 1.86 bits per heavy atom. The minimum absolute atomic E-state index is 0.0220. The van der Waals surface area contributed by atoms with Crippen molar-refractivity contribution < 1.29 is 39.8 Å². The first-order valence-corrected chi connectivity index (χ1v) is 6.90. The maximum atomic E-state index is 10.9. The second-order valence-corrected chi connectivity index (χ2v) is 5.76. The van der Waals surface area contributed by atoms with Crippen molar-refractivity contribution in [3.8, 4) is 0 Å². The van der Waals surface area contributed by atoms with Crippen molar-refractivity contribution >= 4 is 5.97 Å². The van der Waals surface area contributed by atoms with Gasteiger partial charge in [0, 0.05) is 5.41 Å². The van der Waals surface area contributed by atoms with Gasteiger partial charge in [0.25, 0.3) is 0 Å². The Kier molecular flexibility index (Phi) is 6.51. The quantitative estimate of drug-likeness (QED) is 0.391.